The Morgan fingerprint density at radius 1 is 0.966 bits per heavy atom. The van der Waals surface area contributed by atoms with Crippen LogP contribution in [0.4, 0.5) is 0 Å². The van der Waals surface area contributed by atoms with Crippen molar-refractivity contribution >= 4 is 45.0 Å². The smallest absolute Gasteiger partial charge is 0.253 e. The molecule has 1 aliphatic rings. The zero-order valence-electron chi connectivity index (χ0n) is 15.3. The molecule has 0 spiro atoms. The van der Waals surface area contributed by atoms with Gasteiger partial charge in [-0.25, -0.2) is 8.42 Å². The van der Waals surface area contributed by atoms with Crippen molar-refractivity contribution in [1.82, 2.24) is 14.5 Å². The van der Waals surface area contributed by atoms with Gasteiger partial charge in [0.05, 0.1) is 22.0 Å². The van der Waals surface area contributed by atoms with E-state index in [0.717, 1.165) is 0 Å². The van der Waals surface area contributed by atoms with Crippen LogP contribution in [0.2, 0.25) is 10.0 Å². The Hall–Kier alpha value is -2.13. The average Bonchev–Trinajstić information content (AvgIpc) is 2.72. The van der Waals surface area contributed by atoms with Crippen LogP contribution in [0.5, 0.6) is 0 Å². The third-order valence-corrected chi connectivity index (χ3v) is 7.00. The van der Waals surface area contributed by atoms with Crippen LogP contribution in [0.25, 0.3) is 0 Å². The highest BCUT2D eigenvalue weighted by molar-refractivity contribution is 7.89. The highest BCUT2D eigenvalue weighted by atomic mass is 35.5. The Labute approximate surface area is 179 Å². The fourth-order valence-electron chi connectivity index (χ4n) is 2.96. The van der Waals surface area contributed by atoms with Gasteiger partial charge >= 0.3 is 0 Å². The number of rotatable bonds is 5. The van der Waals surface area contributed by atoms with E-state index in [4.69, 9.17) is 23.2 Å². The van der Waals surface area contributed by atoms with Crippen molar-refractivity contribution in [3.8, 4) is 0 Å². The standard InChI is InChI=1S/C19H19Cl2N3O4S/c20-14-4-3-5-15(12-14)29(27,28)24-10-8-23(9-11-24)18(25)13-22-19(26)16-6-1-2-7-17(16)21/h1-7,12H,8-11,13H2,(H,22,26). The minimum atomic E-state index is -3.67. The second-order valence-electron chi connectivity index (χ2n) is 6.40. The first kappa shape index (κ1) is 21.6. The number of hydrogen-bond donors (Lipinski definition) is 1. The molecule has 29 heavy (non-hydrogen) atoms. The predicted molar refractivity (Wildman–Crippen MR) is 111 cm³/mol. The molecular formula is C19H19Cl2N3O4S. The summed E-state index contributed by atoms with van der Waals surface area (Å²) in [7, 11) is -3.67. The van der Waals surface area contributed by atoms with Crippen molar-refractivity contribution < 1.29 is 18.0 Å². The van der Waals surface area contributed by atoms with Crippen LogP contribution in [0.3, 0.4) is 0 Å². The van der Waals surface area contributed by atoms with Gasteiger partial charge in [0.15, 0.2) is 0 Å². The Balaban J connectivity index is 1.54. The average molecular weight is 456 g/mol. The number of halogens is 2. The Morgan fingerprint density at radius 3 is 2.31 bits per heavy atom. The third kappa shape index (κ3) is 5.08. The first-order valence-corrected chi connectivity index (χ1v) is 11.0. The van der Waals surface area contributed by atoms with Crippen molar-refractivity contribution in [3.63, 3.8) is 0 Å². The molecule has 0 bridgehead atoms. The zero-order chi connectivity index (χ0) is 21.0. The summed E-state index contributed by atoms with van der Waals surface area (Å²) in [6, 6.07) is 12.6. The maximum atomic E-state index is 12.7. The Kier molecular flexibility index (Phi) is 6.79. The highest BCUT2D eigenvalue weighted by Crippen LogP contribution is 2.21. The SMILES string of the molecule is O=C(NCC(=O)N1CCN(S(=O)(=O)c2cccc(Cl)c2)CC1)c1ccccc1Cl. The molecule has 1 aliphatic heterocycles. The van der Waals surface area contributed by atoms with Crippen molar-refractivity contribution in [3.05, 3.63) is 64.1 Å². The summed E-state index contributed by atoms with van der Waals surface area (Å²) in [6.45, 7) is 0.615. The molecule has 0 radical (unpaired) electrons. The molecular weight excluding hydrogens is 437 g/mol. The number of sulfonamides is 1. The minimum absolute atomic E-state index is 0.122. The second-order valence-corrected chi connectivity index (χ2v) is 9.19. The molecule has 1 heterocycles. The molecule has 2 aromatic carbocycles. The molecule has 7 nitrogen and oxygen atoms in total. The molecule has 0 aromatic heterocycles. The van der Waals surface area contributed by atoms with E-state index in [0.29, 0.717) is 15.6 Å². The van der Waals surface area contributed by atoms with Crippen LogP contribution >= 0.6 is 23.2 Å². The third-order valence-electron chi connectivity index (χ3n) is 4.54. The van der Waals surface area contributed by atoms with E-state index in [-0.39, 0.29) is 43.5 Å². The number of nitrogens with one attached hydrogen (secondary N) is 1. The molecule has 10 heteroatoms. The molecule has 0 saturated carbocycles. The van der Waals surface area contributed by atoms with E-state index in [9.17, 15) is 18.0 Å². The fraction of sp³-hybridized carbons (Fsp3) is 0.263. The maximum absolute atomic E-state index is 12.7. The van der Waals surface area contributed by atoms with Crippen molar-refractivity contribution in [2.75, 3.05) is 32.7 Å². The summed E-state index contributed by atoms with van der Waals surface area (Å²) < 4.78 is 26.8. The van der Waals surface area contributed by atoms with Gasteiger partial charge in [-0.05, 0) is 30.3 Å². The van der Waals surface area contributed by atoms with E-state index in [1.807, 2.05) is 0 Å². The molecule has 2 aromatic rings. The van der Waals surface area contributed by atoms with Crippen LogP contribution in [-0.2, 0) is 14.8 Å². The van der Waals surface area contributed by atoms with Crippen LogP contribution in [0.1, 0.15) is 10.4 Å². The topological polar surface area (TPSA) is 86.8 Å². The van der Waals surface area contributed by atoms with E-state index in [1.54, 1.807) is 36.4 Å². The van der Waals surface area contributed by atoms with Crippen molar-refractivity contribution in [2.24, 2.45) is 0 Å². The van der Waals surface area contributed by atoms with Crippen LogP contribution < -0.4 is 5.32 Å². The van der Waals surface area contributed by atoms with Crippen molar-refractivity contribution in [2.45, 2.75) is 4.90 Å². The van der Waals surface area contributed by atoms with E-state index >= 15 is 0 Å². The monoisotopic (exact) mass is 455 g/mol. The first-order valence-electron chi connectivity index (χ1n) is 8.85. The van der Waals surface area contributed by atoms with Crippen LogP contribution in [0, 0.1) is 0 Å². The molecule has 1 fully saturated rings. The molecule has 1 saturated heterocycles. The van der Waals surface area contributed by atoms with Gasteiger partial charge in [-0.3, -0.25) is 9.59 Å². The van der Waals surface area contributed by atoms with Crippen LogP contribution in [-0.4, -0.2) is 62.2 Å². The number of carbonyl (C=O) groups excluding carboxylic acids is 2. The summed E-state index contributed by atoms with van der Waals surface area (Å²) in [6.07, 6.45) is 0. The minimum Gasteiger partial charge on any atom is -0.343 e. The normalized spacial score (nSPS) is 15.2. The van der Waals surface area contributed by atoms with E-state index in [2.05, 4.69) is 5.32 Å². The lowest BCUT2D eigenvalue weighted by Gasteiger charge is -2.34. The number of carbonyl (C=O) groups is 2. The van der Waals surface area contributed by atoms with Gasteiger partial charge < -0.3 is 10.2 Å². The lowest BCUT2D eigenvalue weighted by atomic mass is 10.2. The van der Waals surface area contributed by atoms with Gasteiger partial charge in [-0.1, -0.05) is 41.4 Å². The number of hydrogen-bond acceptors (Lipinski definition) is 4. The quantitative estimate of drug-likeness (QED) is 0.748. The van der Waals surface area contributed by atoms with Gasteiger partial charge in [0.2, 0.25) is 15.9 Å². The molecule has 154 valence electrons. The summed E-state index contributed by atoms with van der Waals surface area (Å²) in [5.41, 5.74) is 0.291. The summed E-state index contributed by atoms with van der Waals surface area (Å²) in [4.78, 5) is 26.2. The fourth-order valence-corrected chi connectivity index (χ4v) is 4.91. The molecule has 2 amide bonds. The number of benzene rings is 2. The summed E-state index contributed by atoms with van der Waals surface area (Å²) in [5, 5.41) is 3.19. The molecule has 0 unspecified atom stereocenters. The highest BCUT2D eigenvalue weighted by Gasteiger charge is 2.30. The van der Waals surface area contributed by atoms with Gasteiger partial charge in [0.25, 0.3) is 5.91 Å². The summed E-state index contributed by atoms with van der Waals surface area (Å²) in [5.74, 6) is -0.726. The zero-order valence-corrected chi connectivity index (χ0v) is 17.7. The molecule has 0 atom stereocenters. The Bertz CT molecular complexity index is 1020. The largest absolute Gasteiger partial charge is 0.343 e. The second kappa shape index (κ2) is 9.13. The number of nitrogens with zero attached hydrogens (tertiary/aromatic N) is 2. The van der Waals surface area contributed by atoms with Gasteiger partial charge in [-0.2, -0.15) is 4.31 Å². The maximum Gasteiger partial charge on any atom is 0.253 e. The predicted octanol–water partition coefficient (Wildman–Crippen LogP) is 2.26. The van der Waals surface area contributed by atoms with Crippen LogP contribution in [0.15, 0.2) is 53.4 Å². The number of amides is 2. The van der Waals surface area contributed by atoms with E-state index < -0.39 is 15.9 Å². The Morgan fingerprint density at radius 2 is 1.66 bits per heavy atom. The first-order chi connectivity index (χ1) is 13.8. The molecule has 3 rings (SSSR count). The molecule has 1 N–H and O–H groups in total. The van der Waals surface area contributed by atoms with Gasteiger partial charge in [0.1, 0.15) is 0 Å². The van der Waals surface area contributed by atoms with E-state index in [1.165, 1.54) is 21.3 Å². The number of piperazine rings is 1. The van der Waals surface area contributed by atoms with Crippen molar-refractivity contribution in [1.29, 1.82) is 0 Å². The van der Waals surface area contributed by atoms with Gasteiger partial charge in [0, 0.05) is 31.2 Å². The summed E-state index contributed by atoms with van der Waals surface area (Å²) >= 11 is 11.9. The lowest BCUT2D eigenvalue weighted by molar-refractivity contribution is -0.131. The lowest BCUT2D eigenvalue weighted by Crippen LogP contribution is -2.52. The van der Waals surface area contributed by atoms with Gasteiger partial charge in [-0.15, -0.1) is 0 Å². The molecule has 0 aliphatic carbocycles.